The largest absolute Gasteiger partial charge is 0.480 e. The minimum atomic E-state index is -1.03. The van der Waals surface area contributed by atoms with Crippen LogP contribution in [0.25, 0.3) is 0 Å². The normalized spacial score (nSPS) is 17.8. The van der Waals surface area contributed by atoms with Crippen molar-refractivity contribution in [3.63, 3.8) is 0 Å². The number of rotatable bonds is 6. The molecule has 1 aliphatic rings. The van der Waals surface area contributed by atoms with Gasteiger partial charge in [0.15, 0.2) is 0 Å². The minimum absolute atomic E-state index is 0.233. The summed E-state index contributed by atoms with van der Waals surface area (Å²) in [5, 5.41) is 11.5. The maximum Gasteiger partial charge on any atom is 0.326 e. The van der Waals surface area contributed by atoms with Gasteiger partial charge in [-0.25, -0.2) is 9.59 Å². The topological polar surface area (TPSA) is 72.9 Å². The molecule has 0 aliphatic carbocycles. The molecule has 1 rings (SSSR count). The van der Waals surface area contributed by atoms with Crippen molar-refractivity contribution in [3.8, 4) is 0 Å². The Hall–Kier alpha value is -1.56. The van der Waals surface area contributed by atoms with E-state index in [0.29, 0.717) is 13.1 Å². The molecular weight excluding hydrogens is 246 g/mol. The Morgan fingerprint density at radius 2 is 2.00 bits per heavy atom. The van der Waals surface area contributed by atoms with Crippen molar-refractivity contribution in [3.05, 3.63) is 12.7 Å². The van der Waals surface area contributed by atoms with Crippen LogP contribution in [0, 0.1) is 0 Å². The van der Waals surface area contributed by atoms with Crippen molar-refractivity contribution in [1.29, 1.82) is 0 Å². The monoisotopic (exact) mass is 269 g/mol. The number of carboxylic acids is 1. The van der Waals surface area contributed by atoms with E-state index in [4.69, 9.17) is 5.11 Å². The molecule has 6 heteroatoms. The standard InChI is InChI=1S/C13H23N3O3/c1-3-5-11(12(17)18)14-13(19)16-9-7-15(6-4-2)8-10-16/h3,11H,1,4-10H2,2H3,(H,14,19)(H,17,18). The molecule has 0 aromatic carbocycles. The van der Waals surface area contributed by atoms with Gasteiger partial charge in [-0.3, -0.25) is 4.90 Å². The van der Waals surface area contributed by atoms with E-state index in [1.54, 1.807) is 4.90 Å². The quantitative estimate of drug-likeness (QED) is 0.698. The lowest BCUT2D eigenvalue weighted by atomic mass is 10.2. The number of urea groups is 1. The number of amides is 2. The minimum Gasteiger partial charge on any atom is -0.480 e. The van der Waals surface area contributed by atoms with Crippen LogP contribution in [0.1, 0.15) is 19.8 Å². The van der Waals surface area contributed by atoms with Crippen LogP contribution >= 0.6 is 0 Å². The summed E-state index contributed by atoms with van der Waals surface area (Å²) in [4.78, 5) is 26.9. The first kappa shape index (κ1) is 15.5. The molecule has 1 saturated heterocycles. The molecule has 0 spiro atoms. The summed E-state index contributed by atoms with van der Waals surface area (Å²) in [5.74, 6) is -1.03. The summed E-state index contributed by atoms with van der Waals surface area (Å²) in [6.07, 6.45) is 2.84. The van der Waals surface area contributed by atoms with Crippen molar-refractivity contribution >= 4 is 12.0 Å². The predicted molar refractivity (Wildman–Crippen MR) is 73.1 cm³/mol. The molecule has 19 heavy (non-hydrogen) atoms. The number of carboxylic acid groups (broad SMARTS) is 1. The van der Waals surface area contributed by atoms with Gasteiger partial charge in [0, 0.05) is 26.2 Å². The number of hydrogen-bond donors (Lipinski definition) is 2. The van der Waals surface area contributed by atoms with Crippen LogP contribution in [0.2, 0.25) is 0 Å². The molecule has 0 aromatic heterocycles. The van der Waals surface area contributed by atoms with Gasteiger partial charge < -0.3 is 15.3 Å². The van der Waals surface area contributed by atoms with Crippen LogP contribution in [0.15, 0.2) is 12.7 Å². The van der Waals surface area contributed by atoms with Crippen LogP contribution < -0.4 is 5.32 Å². The zero-order valence-electron chi connectivity index (χ0n) is 11.5. The molecule has 1 heterocycles. The van der Waals surface area contributed by atoms with Crippen molar-refractivity contribution in [2.24, 2.45) is 0 Å². The first-order chi connectivity index (χ1) is 9.08. The van der Waals surface area contributed by atoms with Crippen molar-refractivity contribution in [1.82, 2.24) is 15.1 Å². The van der Waals surface area contributed by atoms with Crippen LogP contribution in [-0.4, -0.2) is 65.7 Å². The van der Waals surface area contributed by atoms with E-state index in [0.717, 1.165) is 26.1 Å². The molecule has 0 radical (unpaired) electrons. The third-order valence-electron chi connectivity index (χ3n) is 3.20. The van der Waals surface area contributed by atoms with Crippen LogP contribution in [-0.2, 0) is 4.79 Å². The smallest absolute Gasteiger partial charge is 0.326 e. The summed E-state index contributed by atoms with van der Waals surface area (Å²) in [6, 6.07) is -1.19. The summed E-state index contributed by atoms with van der Waals surface area (Å²) < 4.78 is 0. The molecule has 108 valence electrons. The zero-order chi connectivity index (χ0) is 14.3. The Bertz CT molecular complexity index is 325. The van der Waals surface area contributed by atoms with Gasteiger partial charge in [-0.2, -0.15) is 0 Å². The first-order valence-corrected chi connectivity index (χ1v) is 6.70. The number of hydrogen-bond acceptors (Lipinski definition) is 3. The summed E-state index contributed by atoms with van der Waals surface area (Å²) in [5.41, 5.74) is 0. The Morgan fingerprint density at radius 3 is 2.47 bits per heavy atom. The molecule has 0 aromatic rings. The van der Waals surface area contributed by atoms with Gasteiger partial charge in [-0.05, 0) is 19.4 Å². The second-order valence-corrected chi connectivity index (χ2v) is 4.69. The summed E-state index contributed by atoms with van der Waals surface area (Å²) in [7, 11) is 0. The average molecular weight is 269 g/mol. The number of nitrogens with zero attached hydrogens (tertiary/aromatic N) is 2. The number of piperazine rings is 1. The van der Waals surface area contributed by atoms with E-state index in [2.05, 4.69) is 23.7 Å². The van der Waals surface area contributed by atoms with Gasteiger partial charge in [0.1, 0.15) is 6.04 Å². The molecule has 0 saturated carbocycles. The maximum atomic E-state index is 12.0. The Balaban J connectivity index is 2.42. The highest BCUT2D eigenvalue weighted by Crippen LogP contribution is 2.04. The fraction of sp³-hybridized carbons (Fsp3) is 0.692. The average Bonchev–Trinajstić information content (AvgIpc) is 2.39. The second-order valence-electron chi connectivity index (χ2n) is 4.69. The van der Waals surface area contributed by atoms with E-state index in [9.17, 15) is 9.59 Å². The molecular formula is C13H23N3O3. The van der Waals surface area contributed by atoms with E-state index in [1.807, 2.05) is 0 Å². The molecule has 1 unspecified atom stereocenters. The molecule has 0 bridgehead atoms. The molecule has 2 N–H and O–H groups in total. The predicted octanol–water partition coefficient (Wildman–Crippen LogP) is 0.753. The van der Waals surface area contributed by atoms with Gasteiger partial charge in [0.25, 0.3) is 0 Å². The molecule has 1 fully saturated rings. The third-order valence-corrected chi connectivity index (χ3v) is 3.20. The van der Waals surface area contributed by atoms with E-state index in [-0.39, 0.29) is 12.5 Å². The van der Waals surface area contributed by atoms with E-state index in [1.165, 1.54) is 6.08 Å². The van der Waals surface area contributed by atoms with Crippen LogP contribution in [0.4, 0.5) is 4.79 Å². The van der Waals surface area contributed by atoms with Crippen molar-refractivity contribution < 1.29 is 14.7 Å². The highest BCUT2D eigenvalue weighted by Gasteiger charge is 2.24. The third kappa shape index (κ3) is 4.90. The highest BCUT2D eigenvalue weighted by molar-refractivity contribution is 5.82. The lowest BCUT2D eigenvalue weighted by Crippen LogP contribution is -2.54. The second kappa shape index (κ2) is 7.78. The molecule has 6 nitrogen and oxygen atoms in total. The van der Waals surface area contributed by atoms with Gasteiger partial charge in [-0.1, -0.05) is 13.0 Å². The number of nitrogens with one attached hydrogen (secondary N) is 1. The van der Waals surface area contributed by atoms with Crippen LogP contribution in [0.3, 0.4) is 0 Å². The number of aliphatic carboxylic acids is 1. The number of carbonyl (C=O) groups is 2. The molecule has 2 amide bonds. The fourth-order valence-electron chi connectivity index (χ4n) is 2.12. The van der Waals surface area contributed by atoms with E-state index >= 15 is 0 Å². The molecule has 1 aliphatic heterocycles. The summed E-state index contributed by atoms with van der Waals surface area (Å²) in [6.45, 7) is 9.66. The van der Waals surface area contributed by atoms with Gasteiger partial charge in [-0.15, -0.1) is 6.58 Å². The fourth-order valence-corrected chi connectivity index (χ4v) is 2.12. The number of carbonyl (C=O) groups excluding carboxylic acids is 1. The zero-order valence-corrected chi connectivity index (χ0v) is 11.5. The maximum absolute atomic E-state index is 12.0. The molecule has 1 atom stereocenters. The van der Waals surface area contributed by atoms with Crippen LogP contribution in [0.5, 0.6) is 0 Å². The van der Waals surface area contributed by atoms with Gasteiger partial charge >= 0.3 is 12.0 Å². The Kier molecular flexibility index (Phi) is 6.35. The van der Waals surface area contributed by atoms with E-state index < -0.39 is 12.0 Å². The van der Waals surface area contributed by atoms with Crippen molar-refractivity contribution in [2.45, 2.75) is 25.8 Å². The lowest BCUT2D eigenvalue weighted by Gasteiger charge is -2.35. The lowest BCUT2D eigenvalue weighted by molar-refractivity contribution is -0.139. The first-order valence-electron chi connectivity index (χ1n) is 6.70. The summed E-state index contributed by atoms with van der Waals surface area (Å²) >= 11 is 0. The van der Waals surface area contributed by atoms with Crippen molar-refractivity contribution in [2.75, 3.05) is 32.7 Å². The Labute approximate surface area is 114 Å². The van der Waals surface area contributed by atoms with Gasteiger partial charge in [0.2, 0.25) is 0 Å². The van der Waals surface area contributed by atoms with Gasteiger partial charge in [0.05, 0.1) is 0 Å². The highest BCUT2D eigenvalue weighted by atomic mass is 16.4. The SMILES string of the molecule is C=CCC(NC(=O)N1CCN(CCC)CC1)C(=O)O. The Morgan fingerprint density at radius 1 is 1.37 bits per heavy atom.